The Morgan fingerprint density at radius 1 is 1.45 bits per heavy atom. The summed E-state index contributed by atoms with van der Waals surface area (Å²) < 4.78 is 1.84. The summed E-state index contributed by atoms with van der Waals surface area (Å²) in [5.74, 6) is -0.00199. The van der Waals surface area contributed by atoms with Gasteiger partial charge in [-0.25, -0.2) is 4.68 Å². The number of aromatic nitrogens is 2. The topological polar surface area (TPSA) is 50.2 Å². The van der Waals surface area contributed by atoms with Crippen molar-refractivity contribution in [1.82, 2.24) is 20.0 Å². The smallest absolute Gasteiger partial charge is 0.237 e. The van der Waals surface area contributed by atoms with Crippen LogP contribution in [0.1, 0.15) is 12.5 Å². The Morgan fingerprint density at radius 3 is 2.86 bits per heavy atom. The van der Waals surface area contributed by atoms with Crippen LogP contribution >= 0.6 is 0 Å². The van der Waals surface area contributed by atoms with Gasteiger partial charge >= 0.3 is 0 Å². The number of hydrogen-bond donors (Lipinski definition) is 1. The van der Waals surface area contributed by atoms with E-state index in [0.29, 0.717) is 13.1 Å². The summed E-state index contributed by atoms with van der Waals surface area (Å²) in [5.41, 5.74) is 2.09. The Balaban J connectivity index is 1.97. The van der Waals surface area contributed by atoms with E-state index < -0.39 is 0 Å². The van der Waals surface area contributed by atoms with E-state index in [0.717, 1.165) is 11.3 Å². The van der Waals surface area contributed by atoms with Crippen LogP contribution in [-0.4, -0.2) is 40.2 Å². The Labute approximate surface area is 131 Å². The van der Waals surface area contributed by atoms with Crippen LogP contribution in [0, 0.1) is 0 Å². The van der Waals surface area contributed by atoms with Crippen LogP contribution in [0.25, 0.3) is 5.69 Å². The number of nitrogens with zero attached hydrogens (tertiary/aromatic N) is 3. The SMILES string of the molecule is C=CCNC(=O)C(C)N(C)Cc1cnn(-c2ccccc2)c1. The molecular formula is C17H22N4O. The van der Waals surface area contributed by atoms with Crippen molar-refractivity contribution in [3.63, 3.8) is 0 Å². The fraction of sp³-hybridized carbons (Fsp3) is 0.294. The molecule has 5 heteroatoms. The van der Waals surface area contributed by atoms with E-state index in [1.165, 1.54) is 0 Å². The zero-order valence-corrected chi connectivity index (χ0v) is 13.1. The van der Waals surface area contributed by atoms with E-state index in [4.69, 9.17) is 0 Å². The quantitative estimate of drug-likeness (QED) is 0.795. The summed E-state index contributed by atoms with van der Waals surface area (Å²) >= 11 is 0. The van der Waals surface area contributed by atoms with Gasteiger partial charge in [-0.2, -0.15) is 5.10 Å². The van der Waals surface area contributed by atoms with E-state index in [1.54, 1.807) is 6.08 Å². The van der Waals surface area contributed by atoms with Crippen LogP contribution in [0.3, 0.4) is 0 Å². The lowest BCUT2D eigenvalue weighted by Crippen LogP contribution is -2.42. The minimum absolute atomic E-state index is 0.00199. The average molecular weight is 298 g/mol. The summed E-state index contributed by atoms with van der Waals surface area (Å²) in [6, 6.07) is 9.74. The van der Waals surface area contributed by atoms with Crippen LogP contribution in [0.4, 0.5) is 0 Å². The predicted molar refractivity (Wildman–Crippen MR) is 87.7 cm³/mol. The average Bonchev–Trinajstić information content (AvgIpc) is 3.01. The van der Waals surface area contributed by atoms with Gasteiger partial charge in [-0.3, -0.25) is 9.69 Å². The van der Waals surface area contributed by atoms with Crippen molar-refractivity contribution >= 4 is 5.91 Å². The van der Waals surface area contributed by atoms with Gasteiger partial charge in [0.2, 0.25) is 5.91 Å². The van der Waals surface area contributed by atoms with Crippen LogP contribution in [0.15, 0.2) is 55.4 Å². The summed E-state index contributed by atoms with van der Waals surface area (Å²) in [4.78, 5) is 13.9. The maximum absolute atomic E-state index is 11.9. The molecule has 1 atom stereocenters. The van der Waals surface area contributed by atoms with Gasteiger partial charge in [-0.15, -0.1) is 6.58 Å². The maximum atomic E-state index is 11.9. The summed E-state index contributed by atoms with van der Waals surface area (Å²) in [6.07, 6.45) is 5.49. The highest BCUT2D eigenvalue weighted by molar-refractivity contribution is 5.81. The summed E-state index contributed by atoms with van der Waals surface area (Å²) in [7, 11) is 1.93. The largest absolute Gasteiger partial charge is 0.351 e. The van der Waals surface area contributed by atoms with E-state index in [-0.39, 0.29) is 11.9 Å². The van der Waals surface area contributed by atoms with Crippen molar-refractivity contribution in [1.29, 1.82) is 0 Å². The van der Waals surface area contributed by atoms with Gasteiger partial charge in [-0.1, -0.05) is 24.3 Å². The number of likely N-dealkylation sites (N-methyl/N-ethyl adjacent to an activating group) is 1. The van der Waals surface area contributed by atoms with Gasteiger partial charge in [0.1, 0.15) is 0 Å². The molecule has 2 aromatic rings. The zero-order chi connectivity index (χ0) is 15.9. The third-order valence-electron chi connectivity index (χ3n) is 3.55. The van der Waals surface area contributed by atoms with Crippen molar-refractivity contribution in [2.75, 3.05) is 13.6 Å². The van der Waals surface area contributed by atoms with E-state index in [2.05, 4.69) is 17.0 Å². The van der Waals surface area contributed by atoms with Crippen molar-refractivity contribution in [2.45, 2.75) is 19.5 Å². The number of benzene rings is 1. The second-order valence-electron chi connectivity index (χ2n) is 5.25. The number of para-hydroxylation sites is 1. The third-order valence-corrected chi connectivity index (χ3v) is 3.55. The molecule has 116 valence electrons. The Hall–Kier alpha value is -2.40. The third kappa shape index (κ3) is 4.05. The lowest BCUT2D eigenvalue weighted by Gasteiger charge is -2.22. The molecule has 1 aromatic carbocycles. The normalized spacial score (nSPS) is 12.1. The van der Waals surface area contributed by atoms with Crippen molar-refractivity contribution in [3.8, 4) is 5.69 Å². The molecule has 1 aromatic heterocycles. The van der Waals surface area contributed by atoms with Gasteiger partial charge < -0.3 is 5.32 Å². The molecule has 1 N–H and O–H groups in total. The molecule has 2 rings (SSSR count). The maximum Gasteiger partial charge on any atom is 0.237 e. The number of nitrogens with one attached hydrogen (secondary N) is 1. The van der Waals surface area contributed by atoms with E-state index in [1.807, 2.05) is 66.3 Å². The first-order valence-corrected chi connectivity index (χ1v) is 7.29. The molecule has 22 heavy (non-hydrogen) atoms. The van der Waals surface area contributed by atoms with Crippen molar-refractivity contribution < 1.29 is 4.79 Å². The second kappa shape index (κ2) is 7.56. The molecule has 0 saturated heterocycles. The Morgan fingerprint density at radius 2 is 2.18 bits per heavy atom. The Kier molecular flexibility index (Phi) is 5.49. The van der Waals surface area contributed by atoms with Crippen molar-refractivity contribution in [2.24, 2.45) is 0 Å². The molecule has 0 aliphatic rings. The van der Waals surface area contributed by atoms with Gasteiger partial charge in [0, 0.05) is 24.8 Å². The first kappa shape index (κ1) is 16.0. The molecule has 1 unspecified atom stereocenters. The highest BCUT2D eigenvalue weighted by Crippen LogP contribution is 2.10. The highest BCUT2D eigenvalue weighted by Gasteiger charge is 2.17. The van der Waals surface area contributed by atoms with Crippen LogP contribution < -0.4 is 5.32 Å². The molecule has 1 amide bonds. The Bertz CT molecular complexity index is 621. The first-order valence-electron chi connectivity index (χ1n) is 7.29. The molecule has 0 aliphatic carbocycles. The summed E-state index contributed by atoms with van der Waals surface area (Å²) in [5, 5.41) is 7.18. The fourth-order valence-electron chi connectivity index (χ4n) is 2.11. The molecule has 0 fully saturated rings. The second-order valence-corrected chi connectivity index (χ2v) is 5.25. The van der Waals surface area contributed by atoms with E-state index in [9.17, 15) is 4.79 Å². The molecule has 0 saturated carbocycles. The fourth-order valence-corrected chi connectivity index (χ4v) is 2.11. The first-order chi connectivity index (χ1) is 10.6. The lowest BCUT2D eigenvalue weighted by molar-refractivity contribution is -0.125. The van der Waals surface area contributed by atoms with Crippen molar-refractivity contribution in [3.05, 3.63) is 60.9 Å². The van der Waals surface area contributed by atoms with E-state index >= 15 is 0 Å². The molecule has 5 nitrogen and oxygen atoms in total. The number of carbonyl (C=O) groups excluding carboxylic acids is 1. The monoisotopic (exact) mass is 298 g/mol. The number of amides is 1. The highest BCUT2D eigenvalue weighted by atomic mass is 16.2. The molecule has 0 radical (unpaired) electrons. The van der Waals surface area contributed by atoms with Crippen LogP contribution in [-0.2, 0) is 11.3 Å². The summed E-state index contributed by atoms with van der Waals surface area (Å²) in [6.45, 7) is 6.64. The van der Waals surface area contributed by atoms with Gasteiger partial charge in [-0.05, 0) is 26.1 Å². The number of rotatable bonds is 7. The number of carbonyl (C=O) groups is 1. The molecule has 1 heterocycles. The minimum Gasteiger partial charge on any atom is -0.351 e. The molecule has 0 spiro atoms. The number of hydrogen-bond acceptors (Lipinski definition) is 3. The van der Waals surface area contributed by atoms with Crippen LogP contribution in [0.5, 0.6) is 0 Å². The minimum atomic E-state index is -0.208. The molecule has 0 bridgehead atoms. The predicted octanol–water partition coefficient (Wildman–Crippen LogP) is 1.99. The molecular weight excluding hydrogens is 276 g/mol. The van der Waals surface area contributed by atoms with Gasteiger partial charge in [0.25, 0.3) is 0 Å². The lowest BCUT2D eigenvalue weighted by atomic mass is 10.2. The zero-order valence-electron chi connectivity index (χ0n) is 13.1. The molecule has 0 aliphatic heterocycles. The van der Waals surface area contributed by atoms with Gasteiger partial charge in [0.15, 0.2) is 0 Å². The van der Waals surface area contributed by atoms with Crippen LogP contribution in [0.2, 0.25) is 0 Å². The standard InChI is InChI=1S/C17H22N4O/c1-4-10-18-17(22)14(2)20(3)12-15-11-19-21(13-15)16-8-6-5-7-9-16/h4-9,11,13-14H,1,10,12H2,2-3H3,(H,18,22). The van der Waals surface area contributed by atoms with Gasteiger partial charge in [0.05, 0.1) is 17.9 Å².